The first-order chi connectivity index (χ1) is 6.45. The van der Waals surface area contributed by atoms with Crippen LogP contribution in [0.2, 0.25) is 0 Å². The molecular weight excluding hydrogens is 176 g/mol. The number of nitrogens with two attached hydrogens (primary N) is 1. The molecule has 0 saturated carbocycles. The molecule has 0 aromatic carbocycles. The third-order valence-corrected chi connectivity index (χ3v) is 3.22. The highest BCUT2D eigenvalue weighted by molar-refractivity contribution is 5.21. The second-order valence-electron chi connectivity index (χ2n) is 4.11. The molecule has 1 aliphatic rings. The van der Waals surface area contributed by atoms with Gasteiger partial charge in [-0.1, -0.05) is 0 Å². The van der Waals surface area contributed by atoms with Crippen LogP contribution in [0.5, 0.6) is 0 Å². The van der Waals surface area contributed by atoms with Gasteiger partial charge < -0.3 is 5.01 Å². The standard InChI is InChI=1S/C10H22N4/c1-8-10(6-7-12(3)11)9(2)14(5)13(8)4/h8H,6-7,11H2,1-5H3. The molecule has 1 aliphatic heterocycles. The van der Waals surface area contributed by atoms with Crippen molar-refractivity contribution < 1.29 is 0 Å². The zero-order valence-electron chi connectivity index (χ0n) is 9.91. The summed E-state index contributed by atoms with van der Waals surface area (Å²) in [7, 11) is 6.13. The van der Waals surface area contributed by atoms with Gasteiger partial charge in [-0.2, -0.15) is 0 Å². The van der Waals surface area contributed by atoms with Crippen LogP contribution in [0.4, 0.5) is 0 Å². The number of hydrogen-bond acceptors (Lipinski definition) is 4. The van der Waals surface area contributed by atoms with Crippen LogP contribution >= 0.6 is 0 Å². The van der Waals surface area contributed by atoms with Gasteiger partial charge in [-0.3, -0.25) is 5.84 Å². The molecule has 4 nitrogen and oxygen atoms in total. The van der Waals surface area contributed by atoms with Crippen LogP contribution in [-0.2, 0) is 0 Å². The molecule has 1 heterocycles. The number of likely N-dealkylation sites (N-methyl/N-ethyl adjacent to an activating group) is 1. The lowest BCUT2D eigenvalue weighted by molar-refractivity contribution is 0.0675. The van der Waals surface area contributed by atoms with E-state index in [-0.39, 0.29) is 0 Å². The van der Waals surface area contributed by atoms with Crippen molar-refractivity contribution in [3.8, 4) is 0 Å². The highest BCUT2D eigenvalue weighted by Crippen LogP contribution is 2.28. The number of hydrazine groups is 2. The summed E-state index contributed by atoms with van der Waals surface area (Å²) in [5.41, 5.74) is 2.86. The molecule has 0 bridgehead atoms. The first kappa shape index (κ1) is 11.5. The Balaban J connectivity index is 2.66. The summed E-state index contributed by atoms with van der Waals surface area (Å²) < 4.78 is 0. The molecule has 0 fully saturated rings. The van der Waals surface area contributed by atoms with Gasteiger partial charge in [0.05, 0.1) is 0 Å². The van der Waals surface area contributed by atoms with Gasteiger partial charge in [0, 0.05) is 39.4 Å². The first-order valence-electron chi connectivity index (χ1n) is 5.07. The summed E-state index contributed by atoms with van der Waals surface area (Å²) in [6.45, 7) is 5.32. The van der Waals surface area contributed by atoms with Gasteiger partial charge in [0.1, 0.15) is 0 Å². The number of hydrogen-bond donors (Lipinski definition) is 1. The molecule has 0 aliphatic carbocycles. The summed E-state index contributed by atoms with van der Waals surface area (Å²) in [6, 6.07) is 0.500. The lowest BCUT2D eigenvalue weighted by atomic mass is 10.0. The average Bonchev–Trinajstić information content (AvgIpc) is 2.29. The highest BCUT2D eigenvalue weighted by Gasteiger charge is 2.27. The summed E-state index contributed by atoms with van der Waals surface area (Å²) in [5.74, 6) is 5.61. The molecule has 0 radical (unpaired) electrons. The Kier molecular flexibility index (Phi) is 3.53. The molecule has 14 heavy (non-hydrogen) atoms. The predicted molar refractivity (Wildman–Crippen MR) is 59.1 cm³/mol. The monoisotopic (exact) mass is 198 g/mol. The van der Waals surface area contributed by atoms with Crippen LogP contribution in [0.25, 0.3) is 0 Å². The van der Waals surface area contributed by atoms with E-state index >= 15 is 0 Å². The fourth-order valence-corrected chi connectivity index (χ4v) is 1.92. The maximum absolute atomic E-state index is 5.61. The molecule has 0 saturated heterocycles. The minimum atomic E-state index is 0.500. The van der Waals surface area contributed by atoms with Crippen LogP contribution in [-0.4, -0.2) is 48.8 Å². The second-order valence-corrected chi connectivity index (χ2v) is 4.11. The number of rotatable bonds is 3. The van der Waals surface area contributed by atoms with Crippen molar-refractivity contribution in [2.75, 3.05) is 27.7 Å². The largest absolute Gasteiger partial charge is 0.313 e. The summed E-state index contributed by atoms with van der Waals surface area (Å²) in [5, 5.41) is 6.20. The van der Waals surface area contributed by atoms with Crippen LogP contribution < -0.4 is 5.84 Å². The predicted octanol–water partition coefficient (Wildman–Crippen LogP) is 0.637. The quantitative estimate of drug-likeness (QED) is 0.533. The molecule has 4 heteroatoms. The van der Waals surface area contributed by atoms with Gasteiger partial charge in [0.15, 0.2) is 0 Å². The molecule has 0 aromatic rings. The molecule has 1 unspecified atom stereocenters. The van der Waals surface area contributed by atoms with E-state index in [4.69, 9.17) is 5.84 Å². The Morgan fingerprint density at radius 3 is 2.36 bits per heavy atom. The van der Waals surface area contributed by atoms with Crippen molar-refractivity contribution in [1.29, 1.82) is 0 Å². The zero-order valence-corrected chi connectivity index (χ0v) is 9.91. The Morgan fingerprint density at radius 2 is 2.00 bits per heavy atom. The van der Waals surface area contributed by atoms with Gasteiger partial charge in [-0.05, 0) is 25.8 Å². The van der Waals surface area contributed by atoms with Crippen LogP contribution in [0, 0.1) is 0 Å². The minimum absolute atomic E-state index is 0.500. The average molecular weight is 198 g/mol. The fraction of sp³-hybridized carbons (Fsp3) is 0.800. The lowest BCUT2D eigenvalue weighted by Gasteiger charge is -2.26. The molecule has 0 aromatic heterocycles. The number of nitrogens with zero attached hydrogens (tertiary/aromatic N) is 3. The summed E-state index contributed by atoms with van der Waals surface area (Å²) >= 11 is 0. The van der Waals surface area contributed by atoms with Crippen molar-refractivity contribution >= 4 is 0 Å². The second kappa shape index (κ2) is 4.29. The van der Waals surface area contributed by atoms with E-state index < -0.39 is 0 Å². The summed E-state index contributed by atoms with van der Waals surface area (Å²) in [6.07, 6.45) is 1.05. The molecule has 2 N–H and O–H groups in total. The molecule has 0 amide bonds. The Labute approximate surface area is 86.9 Å². The molecule has 1 atom stereocenters. The van der Waals surface area contributed by atoms with Gasteiger partial charge >= 0.3 is 0 Å². The summed E-state index contributed by atoms with van der Waals surface area (Å²) in [4.78, 5) is 0. The molecule has 1 rings (SSSR count). The van der Waals surface area contributed by atoms with E-state index in [1.165, 1.54) is 11.3 Å². The van der Waals surface area contributed by atoms with Crippen molar-refractivity contribution in [1.82, 2.24) is 15.0 Å². The van der Waals surface area contributed by atoms with Gasteiger partial charge in [0.2, 0.25) is 0 Å². The van der Waals surface area contributed by atoms with E-state index in [0.29, 0.717) is 6.04 Å². The van der Waals surface area contributed by atoms with Crippen molar-refractivity contribution in [2.45, 2.75) is 26.3 Å². The van der Waals surface area contributed by atoms with Crippen molar-refractivity contribution in [3.05, 3.63) is 11.3 Å². The van der Waals surface area contributed by atoms with E-state index in [2.05, 4.69) is 38.0 Å². The topological polar surface area (TPSA) is 35.7 Å². The van der Waals surface area contributed by atoms with Crippen molar-refractivity contribution in [2.24, 2.45) is 5.84 Å². The normalized spacial score (nSPS) is 24.2. The Bertz CT molecular complexity index is 234. The smallest absolute Gasteiger partial charge is 0.0491 e. The number of allylic oxidation sites excluding steroid dienone is 1. The minimum Gasteiger partial charge on any atom is -0.313 e. The van der Waals surface area contributed by atoms with Crippen molar-refractivity contribution in [3.63, 3.8) is 0 Å². The van der Waals surface area contributed by atoms with Gasteiger partial charge in [0.25, 0.3) is 0 Å². The molecular formula is C10H22N4. The third-order valence-electron chi connectivity index (χ3n) is 3.22. The van der Waals surface area contributed by atoms with E-state index in [9.17, 15) is 0 Å². The SMILES string of the molecule is CC1=C(CCN(C)N)C(C)N(C)N1C. The Hall–Kier alpha value is -0.580. The van der Waals surface area contributed by atoms with Crippen LogP contribution in [0.15, 0.2) is 11.3 Å². The lowest BCUT2D eigenvalue weighted by Crippen LogP contribution is -2.35. The maximum Gasteiger partial charge on any atom is 0.0491 e. The highest BCUT2D eigenvalue weighted by atomic mass is 15.6. The van der Waals surface area contributed by atoms with E-state index in [1.807, 2.05) is 7.05 Å². The molecule has 82 valence electrons. The van der Waals surface area contributed by atoms with Gasteiger partial charge in [-0.15, -0.1) is 0 Å². The van der Waals surface area contributed by atoms with Crippen LogP contribution in [0.1, 0.15) is 20.3 Å². The van der Waals surface area contributed by atoms with E-state index in [1.54, 1.807) is 5.01 Å². The van der Waals surface area contributed by atoms with Gasteiger partial charge in [-0.25, -0.2) is 10.0 Å². The maximum atomic E-state index is 5.61. The Morgan fingerprint density at radius 1 is 1.43 bits per heavy atom. The first-order valence-corrected chi connectivity index (χ1v) is 5.07. The van der Waals surface area contributed by atoms with Crippen LogP contribution in [0.3, 0.4) is 0 Å². The zero-order chi connectivity index (χ0) is 10.9. The third kappa shape index (κ3) is 2.08. The fourth-order valence-electron chi connectivity index (χ4n) is 1.92. The van der Waals surface area contributed by atoms with E-state index in [0.717, 1.165) is 13.0 Å². The molecule has 0 spiro atoms.